The van der Waals surface area contributed by atoms with E-state index in [9.17, 15) is 17.6 Å². The summed E-state index contributed by atoms with van der Waals surface area (Å²) in [4.78, 5) is 3.84. The molecule has 0 saturated carbocycles. The van der Waals surface area contributed by atoms with Crippen molar-refractivity contribution in [3.8, 4) is 0 Å². The number of fused-ring (bicyclic) bond motifs is 2. The van der Waals surface area contributed by atoms with Crippen molar-refractivity contribution in [2.45, 2.75) is 25.0 Å². The van der Waals surface area contributed by atoms with Gasteiger partial charge in [-0.1, -0.05) is 0 Å². The van der Waals surface area contributed by atoms with Crippen LogP contribution in [-0.4, -0.2) is 30.3 Å². The summed E-state index contributed by atoms with van der Waals surface area (Å²) in [7, 11) is 0. The van der Waals surface area contributed by atoms with Gasteiger partial charge in [0, 0.05) is 13.1 Å². The lowest BCUT2D eigenvalue weighted by Gasteiger charge is -2.34. The second kappa shape index (κ2) is 4.08. The molecule has 2 bridgehead atoms. The molecule has 0 radical (unpaired) electrons. The molecule has 3 nitrogen and oxygen atoms in total. The maximum Gasteiger partial charge on any atom is 0.253 e. The highest BCUT2D eigenvalue weighted by atomic mass is 19.2. The number of morpholine rings is 1. The molecule has 3 rings (SSSR count). The Morgan fingerprint density at radius 1 is 0.944 bits per heavy atom. The van der Waals surface area contributed by atoms with Crippen LogP contribution in [0.1, 0.15) is 12.8 Å². The average molecular weight is 262 g/mol. The Labute approximate surface area is 100 Å². The predicted molar refractivity (Wildman–Crippen MR) is 54.2 cm³/mol. The quantitative estimate of drug-likeness (QED) is 0.572. The van der Waals surface area contributed by atoms with Crippen molar-refractivity contribution in [1.82, 2.24) is 4.98 Å². The summed E-state index contributed by atoms with van der Waals surface area (Å²) >= 11 is 0. The van der Waals surface area contributed by atoms with Crippen LogP contribution < -0.4 is 4.90 Å². The zero-order chi connectivity index (χ0) is 12.9. The van der Waals surface area contributed by atoms with E-state index in [0.29, 0.717) is 0 Å². The van der Waals surface area contributed by atoms with E-state index >= 15 is 0 Å². The molecule has 3 heterocycles. The van der Waals surface area contributed by atoms with E-state index in [1.807, 2.05) is 0 Å². The molecule has 18 heavy (non-hydrogen) atoms. The maximum atomic E-state index is 13.6. The maximum absolute atomic E-state index is 13.6. The van der Waals surface area contributed by atoms with Crippen LogP contribution in [0.15, 0.2) is 0 Å². The molecule has 1 aromatic heterocycles. The number of nitrogens with zero attached hydrogens (tertiary/aromatic N) is 2. The van der Waals surface area contributed by atoms with Crippen molar-refractivity contribution in [2.24, 2.45) is 0 Å². The fourth-order valence-electron chi connectivity index (χ4n) is 2.55. The summed E-state index contributed by atoms with van der Waals surface area (Å²) in [5.74, 6) is -6.14. The molecule has 2 atom stereocenters. The summed E-state index contributed by atoms with van der Waals surface area (Å²) in [6, 6.07) is 0. The van der Waals surface area contributed by atoms with E-state index in [1.165, 1.54) is 4.90 Å². The van der Waals surface area contributed by atoms with Gasteiger partial charge in [-0.15, -0.1) is 0 Å². The molecule has 0 N–H and O–H groups in total. The Kier molecular flexibility index (Phi) is 2.65. The minimum Gasteiger partial charge on any atom is -0.371 e. The number of aromatic nitrogens is 1. The van der Waals surface area contributed by atoms with Crippen LogP contribution in [-0.2, 0) is 4.74 Å². The minimum absolute atomic E-state index is 0.137. The fraction of sp³-hybridized carbons (Fsp3) is 0.545. The van der Waals surface area contributed by atoms with Gasteiger partial charge in [0.05, 0.1) is 12.2 Å². The highest BCUT2D eigenvalue weighted by molar-refractivity contribution is 5.49. The molecule has 1 aromatic rings. The topological polar surface area (TPSA) is 25.4 Å². The SMILES string of the molecule is Fc1nc(F)c(F)c(N2CC3CCC(C2)O3)c1F. The van der Waals surface area contributed by atoms with Gasteiger partial charge in [-0.3, -0.25) is 0 Å². The monoisotopic (exact) mass is 262 g/mol. The van der Waals surface area contributed by atoms with Gasteiger partial charge in [0.25, 0.3) is 11.9 Å². The van der Waals surface area contributed by atoms with Crippen molar-refractivity contribution >= 4 is 5.69 Å². The average Bonchev–Trinajstić information content (AvgIpc) is 2.66. The summed E-state index contributed by atoms with van der Waals surface area (Å²) in [6.07, 6.45) is 1.31. The number of anilines is 1. The first-order chi connectivity index (χ1) is 8.56. The predicted octanol–water partition coefficient (Wildman–Crippen LogP) is 2.01. The summed E-state index contributed by atoms with van der Waals surface area (Å²) in [5.41, 5.74) is -0.680. The van der Waals surface area contributed by atoms with Gasteiger partial charge in [-0.05, 0) is 12.8 Å². The summed E-state index contributed by atoms with van der Waals surface area (Å²) in [5, 5.41) is 0. The van der Waals surface area contributed by atoms with E-state index in [0.717, 1.165) is 12.8 Å². The van der Waals surface area contributed by atoms with Gasteiger partial charge < -0.3 is 9.64 Å². The van der Waals surface area contributed by atoms with Crippen LogP contribution in [0.3, 0.4) is 0 Å². The fourth-order valence-corrected chi connectivity index (χ4v) is 2.55. The summed E-state index contributed by atoms with van der Waals surface area (Å²) in [6.45, 7) is 0.459. The Morgan fingerprint density at radius 2 is 1.44 bits per heavy atom. The lowest BCUT2D eigenvalue weighted by molar-refractivity contribution is 0.0299. The molecule has 7 heteroatoms. The van der Waals surface area contributed by atoms with Crippen LogP contribution in [0, 0.1) is 23.5 Å². The van der Waals surface area contributed by atoms with E-state index in [4.69, 9.17) is 4.74 Å². The molecule has 2 saturated heterocycles. The lowest BCUT2D eigenvalue weighted by atomic mass is 10.2. The van der Waals surface area contributed by atoms with Crippen LogP contribution in [0.2, 0.25) is 0 Å². The molecule has 0 aliphatic carbocycles. The van der Waals surface area contributed by atoms with Gasteiger partial charge in [-0.2, -0.15) is 22.5 Å². The second-order valence-electron chi connectivity index (χ2n) is 4.53. The Morgan fingerprint density at radius 3 is 1.94 bits per heavy atom. The zero-order valence-electron chi connectivity index (χ0n) is 9.30. The molecule has 0 spiro atoms. The van der Waals surface area contributed by atoms with E-state index in [2.05, 4.69) is 4.98 Å². The number of hydrogen-bond donors (Lipinski definition) is 0. The van der Waals surface area contributed by atoms with Crippen molar-refractivity contribution < 1.29 is 22.3 Å². The Bertz CT molecular complexity index is 458. The molecular weight excluding hydrogens is 252 g/mol. The van der Waals surface area contributed by atoms with Gasteiger partial charge in [-0.25, -0.2) is 0 Å². The van der Waals surface area contributed by atoms with E-state index in [1.54, 1.807) is 0 Å². The number of pyridine rings is 1. The van der Waals surface area contributed by atoms with E-state index < -0.39 is 29.2 Å². The van der Waals surface area contributed by atoms with E-state index in [-0.39, 0.29) is 25.3 Å². The largest absolute Gasteiger partial charge is 0.371 e. The Hall–Kier alpha value is -1.37. The van der Waals surface area contributed by atoms with Crippen molar-refractivity contribution in [3.05, 3.63) is 23.5 Å². The molecule has 98 valence electrons. The van der Waals surface area contributed by atoms with Gasteiger partial charge >= 0.3 is 0 Å². The molecule has 2 unspecified atom stereocenters. The number of rotatable bonds is 1. The van der Waals surface area contributed by atoms with Crippen molar-refractivity contribution in [1.29, 1.82) is 0 Å². The first-order valence-corrected chi connectivity index (χ1v) is 5.66. The first-order valence-electron chi connectivity index (χ1n) is 5.66. The van der Waals surface area contributed by atoms with Crippen molar-refractivity contribution in [3.63, 3.8) is 0 Å². The van der Waals surface area contributed by atoms with Crippen LogP contribution in [0.5, 0.6) is 0 Å². The zero-order valence-corrected chi connectivity index (χ0v) is 9.30. The normalized spacial score (nSPS) is 26.8. The van der Waals surface area contributed by atoms with Crippen LogP contribution in [0.4, 0.5) is 23.2 Å². The van der Waals surface area contributed by atoms with Crippen molar-refractivity contribution in [2.75, 3.05) is 18.0 Å². The number of ether oxygens (including phenoxy) is 1. The van der Waals surface area contributed by atoms with Gasteiger partial charge in [0.1, 0.15) is 5.69 Å². The summed E-state index contributed by atoms with van der Waals surface area (Å²) < 4.78 is 58.7. The van der Waals surface area contributed by atoms with Crippen LogP contribution >= 0.6 is 0 Å². The minimum atomic E-state index is -1.62. The molecule has 2 aliphatic rings. The molecule has 2 fully saturated rings. The molecule has 2 aliphatic heterocycles. The third-order valence-electron chi connectivity index (χ3n) is 3.33. The lowest BCUT2D eigenvalue weighted by Crippen LogP contribution is -2.43. The van der Waals surface area contributed by atoms with Gasteiger partial charge in [0.2, 0.25) is 11.6 Å². The first kappa shape index (κ1) is 11.7. The highest BCUT2D eigenvalue weighted by Crippen LogP contribution is 2.33. The Balaban J connectivity index is 2.01. The number of hydrogen-bond acceptors (Lipinski definition) is 3. The highest BCUT2D eigenvalue weighted by Gasteiger charge is 2.37. The third-order valence-corrected chi connectivity index (χ3v) is 3.33. The smallest absolute Gasteiger partial charge is 0.253 e. The molecule has 0 aromatic carbocycles. The van der Waals surface area contributed by atoms with Gasteiger partial charge in [0.15, 0.2) is 0 Å². The second-order valence-corrected chi connectivity index (χ2v) is 4.53. The molecular formula is C11H10F4N2O. The standard InChI is InChI=1S/C11H10F4N2O/c12-7-9(8(13)11(15)16-10(7)14)17-3-5-1-2-6(4-17)18-5/h5-6H,1-4H2. The van der Waals surface area contributed by atoms with Crippen LogP contribution in [0.25, 0.3) is 0 Å². The third kappa shape index (κ3) is 1.73. The number of halogens is 4. The molecule has 0 amide bonds.